The van der Waals surface area contributed by atoms with Crippen LogP contribution in [0.2, 0.25) is 10.0 Å². The van der Waals surface area contributed by atoms with Crippen molar-refractivity contribution in [3.8, 4) is 0 Å². The lowest BCUT2D eigenvalue weighted by molar-refractivity contribution is 0.484. The van der Waals surface area contributed by atoms with E-state index in [4.69, 9.17) is 28.9 Å². The van der Waals surface area contributed by atoms with Crippen LogP contribution in [-0.4, -0.2) is 18.0 Å². The summed E-state index contributed by atoms with van der Waals surface area (Å²) < 4.78 is 32.2. The minimum Gasteiger partial charge on any atom is -0.397 e. The maximum atomic E-state index is 11.4. The largest absolute Gasteiger partial charge is 0.397 e. The first-order chi connectivity index (χ1) is 9.27. The van der Waals surface area contributed by atoms with Gasteiger partial charge in [0, 0.05) is 20.8 Å². The zero-order chi connectivity index (χ0) is 14.7. The molecule has 0 radical (unpaired) electrons. The number of hydrogen-bond acceptors (Lipinski definition) is 3. The normalized spacial score (nSPS) is 12.3. The van der Waals surface area contributed by atoms with Crippen LogP contribution in [0.3, 0.4) is 0 Å². The molecule has 0 aliphatic rings. The number of aromatic amines is 1. The van der Waals surface area contributed by atoms with E-state index in [0.29, 0.717) is 27.0 Å². The van der Waals surface area contributed by atoms with Gasteiger partial charge >= 0.3 is 0 Å². The van der Waals surface area contributed by atoms with Gasteiger partial charge in [0.05, 0.1) is 16.7 Å². The molecule has 4 N–H and O–H groups in total. The molecule has 0 amide bonds. The molecule has 0 spiro atoms. The van der Waals surface area contributed by atoms with Gasteiger partial charge in [0.15, 0.2) is 0 Å². The van der Waals surface area contributed by atoms with Gasteiger partial charge in [0.2, 0.25) is 0 Å². The number of rotatable bonds is 1. The number of H-pyrrole nitrogens is 1. The molecule has 0 fully saturated rings. The Morgan fingerprint density at radius 1 is 1.00 bits per heavy atom. The molecular formula is C12H8Cl2N2O3S. The van der Waals surface area contributed by atoms with Gasteiger partial charge in [-0.1, -0.05) is 23.2 Å². The maximum absolute atomic E-state index is 11.4. The number of nitrogen functional groups attached to an aromatic ring is 1. The smallest absolute Gasteiger partial charge is 0.296 e. The van der Waals surface area contributed by atoms with Crippen molar-refractivity contribution in [1.29, 1.82) is 0 Å². The van der Waals surface area contributed by atoms with Gasteiger partial charge < -0.3 is 10.7 Å². The minimum absolute atomic E-state index is 0.185. The van der Waals surface area contributed by atoms with Crippen LogP contribution < -0.4 is 5.73 Å². The molecular weight excluding hydrogens is 323 g/mol. The lowest BCUT2D eigenvalue weighted by atomic mass is 10.1. The van der Waals surface area contributed by atoms with E-state index in [2.05, 4.69) is 4.98 Å². The third-order valence-electron chi connectivity index (χ3n) is 3.02. The summed E-state index contributed by atoms with van der Waals surface area (Å²) in [5.74, 6) is 0. The summed E-state index contributed by atoms with van der Waals surface area (Å²) in [6.45, 7) is 0. The Morgan fingerprint density at radius 3 is 2.15 bits per heavy atom. The van der Waals surface area contributed by atoms with Crippen molar-refractivity contribution >= 4 is 60.8 Å². The van der Waals surface area contributed by atoms with E-state index in [1.54, 1.807) is 18.2 Å². The topological polar surface area (TPSA) is 96.2 Å². The summed E-state index contributed by atoms with van der Waals surface area (Å²) in [5.41, 5.74) is 7.01. The molecule has 0 atom stereocenters. The highest BCUT2D eigenvalue weighted by Gasteiger charge is 2.19. The number of nitrogens with one attached hydrogen (secondary N) is 1. The number of fused-ring (bicyclic) bond motifs is 3. The zero-order valence-corrected chi connectivity index (χ0v) is 12.1. The number of nitrogens with two attached hydrogens (primary N) is 1. The molecule has 3 rings (SSSR count). The van der Waals surface area contributed by atoms with Gasteiger partial charge in [-0.3, -0.25) is 4.55 Å². The van der Waals surface area contributed by atoms with Crippen molar-refractivity contribution in [3.05, 3.63) is 34.3 Å². The molecule has 1 heterocycles. The lowest BCUT2D eigenvalue weighted by Crippen LogP contribution is -1.99. The monoisotopic (exact) mass is 330 g/mol. The van der Waals surface area contributed by atoms with Crippen LogP contribution in [0.4, 0.5) is 5.69 Å². The molecule has 0 saturated carbocycles. The lowest BCUT2D eigenvalue weighted by Gasteiger charge is -2.00. The first kappa shape index (κ1) is 13.5. The van der Waals surface area contributed by atoms with E-state index < -0.39 is 10.1 Å². The summed E-state index contributed by atoms with van der Waals surface area (Å²) in [6.07, 6.45) is 0. The maximum Gasteiger partial charge on any atom is 0.296 e. The number of hydrogen-bond donors (Lipinski definition) is 3. The average molecular weight is 331 g/mol. The van der Waals surface area contributed by atoms with Crippen LogP contribution in [0.5, 0.6) is 0 Å². The van der Waals surface area contributed by atoms with Crippen LogP contribution in [0, 0.1) is 0 Å². The van der Waals surface area contributed by atoms with Crippen molar-refractivity contribution in [1.82, 2.24) is 4.98 Å². The third-order valence-corrected chi connectivity index (χ3v) is 4.33. The second-order valence-corrected chi connectivity index (χ2v) is 6.61. The predicted molar refractivity (Wildman–Crippen MR) is 80.1 cm³/mol. The standard InChI is InChI=1S/C12H8Cl2N2O3S/c13-5-1-7-8-2-6(14)4-10(20(17,18)19)12(8)16-11(7)9(15)3-5/h1-4,16H,15H2,(H,17,18,19). The summed E-state index contributed by atoms with van der Waals surface area (Å²) in [6, 6.07) is 5.96. The SMILES string of the molecule is Nc1cc(Cl)cc2c1[nH]c1c(S(=O)(=O)O)cc(Cl)cc12. The fourth-order valence-corrected chi connectivity index (χ4v) is 3.44. The zero-order valence-electron chi connectivity index (χ0n) is 9.81. The van der Waals surface area contributed by atoms with Gasteiger partial charge in [0.25, 0.3) is 10.1 Å². The fourth-order valence-electron chi connectivity index (χ4n) is 2.23. The second kappa shape index (κ2) is 4.26. The molecule has 0 aliphatic carbocycles. The number of halogens is 2. The Labute approximate surface area is 124 Å². The quantitative estimate of drug-likeness (QED) is 0.470. The Balaban J connectivity index is 2.61. The Bertz CT molecular complexity index is 964. The van der Waals surface area contributed by atoms with Crippen LogP contribution in [0.1, 0.15) is 0 Å². The van der Waals surface area contributed by atoms with Crippen LogP contribution >= 0.6 is 23.2 Å². The molecule has 2 aromatic carbocycles. The van der Waals surface area contributed by atoms with E-state index in [9.17, 15) is 13.0 Å². The van der Waals surface area contributed by atoms with E-state index >= 15 is 0 Å². The molecule has 20 heavy (non-hydrogen) atoms. The van der Waals surface area contributed by atoms with E-state index in [0.717, 1.165) is 0 Å². The molecule has 0 saturated heterocycles. The highest BCUT2D eigenvalue weighted by molar-refractivity contribution is 7.86. The molecule has 0 unspecified atom stereocenters. The molecule has 3 aromatic rings. The minimum atomic E-state index is -4.41. The van der Waals surface area contributed by atoms with Gasteiger partial charge in [-0.05, 0) is 24.3 Å². The van der Waals surface area contributed by atoms with Gasteiger partial charge in [0.1, 0.15) is 4.90 Å². The first-order valence-corrected chi connectivity index (χ1v) is 7.64. The van der Waals surface area contributed by atoms with Gasteiger partial charge in [-0.2, -0.15) is 8.42 Å². The highest BCUT2D eigenvalue weighted by Crippen LogP contribution is 2.36. The number of aromatic nitrogens is 1. The first-order valence-electron chi connectivity index (χ1n) is 5.45. The summed E-state index contributed by atoms with van der Waals surface area (Å²) in [5, 5.41) is 1.76. The summed E-state index contributed by atoms with van der Waals surface area (Å²) in [4.78, 5) is 2.60. The fraction of sp³-hybridized carbons (Fsp3) is 0. The number of benzene rings is 2. The van der Waals surface area contributed by atoms with E-state index in [1.165, 1.54) is 6.07 Å². The highest BCUT2D eigenvalue weighted by atomic mass is 35.5. The van der Waals surface area contributed by atoms with Crippen molar-refractivity contribution in [2.24, 2.45) is 0 Å². The number of anilines is 1. The summed E-state index contributed by atoms with van der Waals surface area (Å²) >= 11 is 11.9. The molecule has 104 valence electrons. The molecule has 5 nitrogen and oxygen atoms in total. The van der Waals surface area contributed by atoms with Crippen LogP contribution in [0.15, 0.2) is 29.2 Å². The Hall–Kier alpha value is -1.47. The van der Waals surface area contributed by atoms with E-state index in [1.807, 2.05) is 0 Å². The van der Waals surface area contributed by atoms with Crippen molar-refractivity contribution in [2.75, 3.05) is 5.73 Å². The molecule has 1 aromatic heterocycles. The van der Waals surface area contributed by atoms with Crippen molar-refractivity contribution < 1.29 is 13.0 Å². The van der Waals surface area contributed by atoms with Crippen molar-refractivity contribution in [3.63, 3.8) is 0 Å². The Morgan fingerprint density at radius 2 is 1.55 bits per heavy atom. The van der Waals surface area contributed by atoms with E-state index in [-0.39, 0.29) is 15.4 Å². The second-order valence-electron chi connectivity index (χ2n) is 4.34. The Kier molecular flexibility index (Phi) is 2.88. The molecule has 0 aliphatic heterocycles. The van der Waals surface area contributed by atoms with Gasteiger partial charge in [-0.15, -0.1) is 0 Å². The average Bonchev–Trinajstić information content (AvgIpc) is 2.66. The molecule has 0 bridgehead atoms. The third kappa shape index (κ3) is 2.01. The summed E-state index contributed by atoms with van der Waals surface area (Å²) in [7, 11) is -4.41. The van der Waals surface area contributed by atoms with Crippen LogP contribution in [-0.2, 0) is 10.1 Å². The van der Waals surface area contributed by atoms with Crippen LogP contribution in [0.25, 0.3) is 21.8 Å². The predicted octanol–water partition coefficient (Wildman–Crippen LogP) is 3.46. The van der Waals surface area contributed by atoms with Gasteiger partial charge in [-0.25, -0.2) is 0 Å². The van der Waals surface area contributed by atoms with Crippen molar-refractivity contribution in [2.45, 2.75) is 4.90 Å². The molecule has 8 heteroatoms.